The lowest BCUT2D eigenvalue weighted by molar-refractivity contribution is -0.148. The number of nitrogens with zero attached hydrogens (tertiary/aromatic N) is 1. The largest absolute Gasteiger partial charge is 0.486 e. The molecule has 4 rings (SSSR count). The Kier molecular flexibility index (Phi) is 6.96. The standard InChI is InChI=1S/C23H24N2O6S2/c1-15(2)21(25-33(27,28)18-8-9-19-20(12-18)30-11-10-29-19)23(26)31-13-17-14-32-22(24-17)16-6-4-3-5-7-16/h3-9,12,14-15,21,25H,10-11,13H2,1-2H3/t21-/m0/s1. The zero-order chi connectivity index (χ0) is 23.4. The Morgan fingerprint density at radius 1 is 1.12 bits per heavy atom. The predicted molar refractivity (Wildman–Crippen MR) is 124 cm³/mol. The van der Waals surface area contributed by atoms with Gasteiger partial charge in [-0.1, -0.05) is 44.2 Å². The Balaban J connectivity index is 1.43. The molecule has 1 aliphatic rings. The normalized spacial score (nSPS) is 14.2. The Labute approximate surface area is 196 Å². The summed E-state index contributed by atoms with van der Waals surface area (Å²) in [5.74, 6) is -0.163. The molecule has 0 fully saturated rings. The second-order valence-electron chi connectivity index (χ2n) is 7.77. The van der Waals surface area contributed by atoms with Gasteiger partial charge in [-0.2, -0.15) is 4.72 Å². The molecule has 2 aromatic carbocycles. The van der Waals surface area contributed by atoms with E-state index in [1.807, 2.05) is 35.7 Å². The van der Waals surface area contributed by atoms with Crippen LogP contribution in [-0.2, 0) is 26.2 Å². The van der Waals surface area contributed by atoms with E-state index in [9.17, 15) is 13.2 Å². The number of aromatic nitrogens is 1. The highest BCUT2D eigenvalue weighted by atomic mass is 32.2. The van der Waals surface area contributed by atoms with Crippen molar-refractivity contribution >= 4 is 27.3 Å². The van der Waals surface area contributed by atoms with E-state index in [1.165, 1.54) is 29.5 Å². The van der Waals surface area contributed by atoms with E-state index in [0.29, 0.717) is 30.4 Å². The maximum Gasteiger partial charge on any atom is 0.324 e. The van der Waals surface area contributed by atoms with Crippen molar-refractivity contribution < 1.29 is 27.4 Å². The fourth-order valence-corrected chi connectivity index (χ4v) is 5.36. The number of thiazole rings is 1. The third-order valence-corrected chi connectivity index (χ3v) is 7.34. The maximum atomic E-state index is 12.9. The highest BCUT2D eigenvalue weighted by Crippen LogP contribution is 2.32. The topological polar surface area (TPSA) is 104 Å². The lowest BCUT2D eigenvalue weighted by Crippen LogP contribution is -2.45. The van der Waals surface area contributed by atoms with Gasteiger partial charge in [0, 0.05) is 17.0 Å². The van der Waals surface area contributed by atoms with Crippen molar-refractivity contribution in [3.05, 3.63) is 59.6 Å². The molecular weight excluding hydrogens is 464 g/mol. The number of sulfonamides is 1. The molecule has 2 heterocycles. The van der Waals surface area contributed by atoms with Crippen LogP contribution in [0, 0.1) is 5.92 Å². The number of rotatable bonds is 8. The molecule has 33 heavy (non-hydrogen) atoms. The number of nitrogens with one attached hydrogen (secondary N) is 1. The SMILES string of the molecule is CC(C)[C@H](NS(=O)(=O)c1ccc2c(c1)OCCO2)C(=O)OCc1csc(-c2ccccc2)n1. The van der Waals surface area contributed by atoms with E-state index in [0.717, 1.165) is 10.6 Å². The van der Waals surface area contributed by atoms with Gasteiger partial charge in [0.15, 0.2) is 11.5 Å². The molecular formula is C23H24N2O6S2. The molecule has 0 spiro atoms. The van der Waals surface area contributed by atoms with Gasteiger partial charge in [-0.05, 0) is 18.1 Å². The summed E-state index contributed by atoms with van der Waals surface area (Å²) in [6, 6.07) is 13.0. The van der Waals surface area contributed by atoms with Gasteiger partial charge in [-0.25, -0.2) is 13.4 Å². The summed E-state index contributed by atoms with van der Waals surface area (Å²) >= 11 is 1.45. The second-order valence-corrected chi connectivity index (χ2v) is 10.3. The van der Waals surface area contributed by atoms with Crippen LogP contribution in [0.4, 0.5) is 0 Å². The smallest absolute Gasteiger partial charge is 0.324 e. The molecule has 0 bridgehead atoms. The summed E-state index contributed by atoms with van der Waals surface area (Å²) in [6.07, 6.45) is 0. The zero-order valence-electron chi connectivity index (χ0n) is 18.2. The van der Waals surface area contributed by atoms with E-state index in [2.05, 4.69) is 9.71 Å². The predicted octanol–water partition coefficient (Wildman–Crippen LogP) is 3.63. The number of fused-ring (bicyclic) bond motifs is 1. The summed E-state index contributed by atoms with van der Waals surface area (Å²) in [7, 11) is -4.00. The molecule has 174 valence electrons. The summed E-state index contributed by atoms with van der Waals surface area (Å²) in [6.45, 7) is 4.19. The second kappa shape index (κ2) is 9.90. The summed E-state index contributed by atoms with van der Waals surface area (Å²) in [5.41, 5.74) is 1.58. The number of hydrogen-bond donors (Lipinski definition) is 1. The minimum Gasteiger partial charge on any atom is -0.486 e. The van der Waals surface area contributed by atoms with Crippen LogP contribution < -0.4 is 14.2 Å². The van der Waals surface area contributed by atoms with E-state index in [-0.39, 0.29) is 17.4 Å². The van der Waals surface area contributed by atoms with Crippen molar-refractivity contribution in [2.45, 2.75) is 31.4 Å². The maximum absolute atomic E-state index is 12.9. The van der Waals surface area contributed by atoms with Crippen LogP contribution in [0.25, 0.3) is 10.6 Å². The van der Waals surface area contributed by atoms with Gasteiger partial charge in [0.25, 0.3) is 0 Å². The van der Waals surface area contributed by atoms with Crippen LogP contribution in [0.3, 0.4) is 0 Å². The third kappa shape index (κ3) is 5.52. The molecule has 0 saturated heterocycles. The fourth-order valence-electron chi connectivity index (χ4n) is 3.20. The highest BCUT2D eigenvalue weighted by molar-refractivity contribution is 7.89. The molecule has 0 amide bonds. The monoisotopic (exact) mass is 488 g/mol. The molecule has 10 heteroatoms. The first-order valence-corrected chi connectivity index (χ1v) is 12.8. The van der Waals surface area contributed by atoms with Crippen LogP contribution in [0.5, 0.6) is 11.5 Å². The lowest BCUT2D eigenvalue weighted by atomic mass is 10.1. The van der Waals surface area contributed by atoms with Crippen molar-refractivity contribution in [3.8, 4) is 22.1 Å². The van der Waals surface area contributed by atoms with Crippen molar-refractivity contribution in [1.82, 2.24) is 9.71 Å². The molecule has 1 aliphatic heterocycles. The van der Waals surface area contributed by atoms with E-state index < -0.39 is 22.0 Å². The minimum atomic E-state index is -4.00. The Hall–Kier alpha value is -2.95. The van der Waals surface area contributed by atoms with E-state index in [4.69, 9.17) is 14.2 Å². The molecule has 1 aromatic heterocycles. The van der Waals surface area contributed by atoms with Crippen molar-refractivity contribution in [1.29, 1.82) is 0 Å². The van der Waals surface area contributed by atoms with Crippen molar-refractivity contribution in [3.63, 3.8) is 0 Å². The van der Waals surface area contributed by atoms with Crippen LogP contribution in [0.1, 0.15) is 19.5 Å². The van der Waals surface area contributed by atoms with Gasteiger partial charge >= 0.3 is 5.97 Å². The fraction of sp³-hybridized carbons (Fsp3) is 0.304. The molecule has 0 unspecified atom stereocenters. The average Bonchev–Trinajstić information content (AvgIpc) is 3.30. The Bertz CT molecular complexity index is 1220. The first-order chi connectivity index (χ1) is 15.8. The first kappa shape index (κ1) is 23.2. The lowest BCUT2D eigenvalue weighted by Gasteiger charge is -2.22. The van der Waals surface area contributed by atoms with Crippen LogP contribution in [0.15, 0.2) is 58.8 Å². The van der Waals surface area contributed by atoms with E-state index in [1.54, 1.807) is 13.8 Å². The highest BCUT2D eigenvalue weighted by Gasteiger charge is 2.30. The molecule has 0 aliphatic carbocycles. The van der Waals surface area contributed by atoms with Crippen LogP contribution in [-0.4, -0.2) is 38.6 Å². The Morgan fingerprint density at radius 3 is 2.58 bits per heavy atom. The number of hydrogen-bond acceptors (Lipinski definition) is 8. The Morgan fingerprint density at radius 2 is 1.85 bits per heavy atom. The molecule has 0 radical (unpaired) electrons. The number of carbonyl (C=O) groups is 1. The average molecular weight is 489 g/mol. The van der Waals surface area contributed by atoms with Gasteiger partial charge < -0.3 is 14.2 Å². The van der Waals surface area contributed by atoms with Gasteiger partial charge in [0.05, 0.1) is 10.6 Å². The summed E-state index contributed by atoms with van der Waals surface area (Å²) in [5, 5.41) is 2.64. The van der Waals surface area contributed by atoms with Crippen molar-refractivity contribution in [2.24, 2.45) is 5.92 Å². The number of carbonyl (C=O) groups excluding carboxylic acids is 1. The minimum absolute atomic E-state index is 0.0165. The first-order valence-electron chi connectivity index (χ1n) is 10.4. The van der Waals surface area contributed by atoms with Gasteiger partial charge in [-0.15, -0.1) is 11.3 Å². The molecule has 1 atom stereocenters. The zero-order valence-corrected chi connectivity index (χ0v) is 19.8. The number of benzene rings is 2. The van der Waals surface area contributed by atoms with Crippen LogP contribution >= 0.6 is 11.3 Å². The van der Waals surface area contributed by atoms with Crippen molar-refractivity contribution in [2.75, 3.05) is 13.2 Å². The van der Waals surface area contributed by atoms with Gasteiger partial charge in [-0.3, -0.25) is 4.79 Å². The summed E-state index contributed by atoms with van der Waals surface area (Å²) < 4.78 is 44.7. The van der Waals surface area contributed by atoms with Gasteiger partial charge in [0.2, 0.25) is 10.0 Å². The van der Waals surface area contributed by atoms with E-state index >= 15 is 0 Å². The molecule has 1 N–H and O–H groups in total. The quantitative estimate of drug-likeness (QED) is 0.483. The number of ether oxygens (including phenoxy) is 3. The third-order valence-electron chi connectivity index (χ3n) is 4.96. The number of esters is 1. The summed E-state index contributed by atoms with van der Waals surface area (Å²) in [4.78, 5) is 17.2. The van der Waals surface area contributed by atoms with Crippen LogP contribution in [0.2, 0.25) is 0 Å². The molecule has 8 nitrogen and oxygen atoms in total. The van der Waals surface area contributed by atoms with Gasteiger partial charge in [0.1, 0.15) is 30.9 Å². The molecule has 3 aromatic rings. The molecule has 0 saturated carbocycles.